The van der Waals surface area contributed by atoms with E-state index < -0.39 is 23.2 Å². The second-order valence-electron chi connectivity index (χ2n) is 4.72. The van der Waals surface area contributed by atoms with Gasteiger partial charge in [-0.15, -0.1) is 0 Å². The normalized spacial score (nSPS) is 14.2. The number of carbonyl (C=O) groups excluding carboxylic acids is 1. The fraction of sp³-hybridized carbons (Fsp3) is 0.429. The number of hydrogen-bond donors (Lipinski definition) is 1. The largest absolute Gasteiger partial charge is 0.416 e. The molecule has 1 aromatic rings. The molecule has 0 aliphatic heterocycles. The number of nitrogens with one attached hydrogen (secondary N) is 1. The molecule has 108 valence electrons. The average molecular weight is 284 g/mol. The molecule has 0 aliphatic rings. The third-order valence-corrected chi connectivity index (χ3v) is 3.02. The molecule has 0 bridgehead atoms. The van der Waals surface area contributed by atoms with Crippen molar-refractivity contribution in [2.45, 2.75) is 38.4 Å². The summed E-state index contributed by atoms with van der Waals surface area (Å²) in [6.07, 6.45) is -4.00. The maximum absolute atomic E-state index is 12.4. The van der Waals surface area contributed by atoms with Gasteiger partial charge >= 0.3 is 6.18 Å². The van der Waals surface area contributed by atoms with Crippen LogP contribution in [0.3, 0.4) is 0 Å². The van der Waals surface area contributed by atoms with E-state index in [0.717, 1.165) is 12.1 Å². The van der Waals surface area contributed by atoms with Gasteiger partial charge in [-0.05, 0) is 31.0 Å². The van der Waals surface area contributed by atoms with Crippen LogP contribution in [0.15, 0.2) is 24.3 Å². The molecule has 0 spiro atoms. The van der Waals surface area contributed by atoms with Gasteiger partial charge < -0.3 is 5.32 Å². The molecular weight excluding hydrogens is 269 g/mol. The van der Waals surface area contributed by atoms with Crippen molar-refractivity contribution in [3.63, 3.8) is 0 Å². The van der Waals surface area contributed by atoms with Crippen molar-refractivity contribution in [3.8, 4) is 6.07 Å². The zero-order valence-electron chi connectivity index (χ0n) is 11.2. The molecule has 0 heterocycles. The van der Waals surface area contributed by atoms with Gasteiger partial charge in [0.2, 0.25) is 5.91 Å². The molecular formula is C14H15F3N2O. The summed E-state index contributed by atoms with van der Waals surface area (Å²) in [5, 5.41) is 11.5. The van der Waals surface area contributed by atoms with E-state index in [4.69, 9.17) is 5.26 Å². The lowest BCUT2D eigenvalue weighted by molar-refractivity contribution is -0.137. The highest BCUT2D eigenvalue weighted by molar-refractivity contribution is 5.79. The van der Waals surface area contributed by atoms with E-state index >= 15 is 0 Å². The molecule has 1 rings (SSSR count). The first-order valence-electron chi connectivity index (χ1n) is 6.08. The summed E-state index contributed by atoms with van der Waals surface area (Å²) in [4.78, 5) is 11.7. The second-order valence-corrected chi connectivity index (χ2v) is 4.72. The fourth-order valence-electron chi connectivity index (χ4n) is 1.54. The first kappa shape index (κ1) is 16.0. The Hall–Kier alpha value is -2.03. The van der Waals surface area contributed by atoms with Crippen molar-refractivity contribution in [2.24, 2.45) is 0 Å². The van der Waals surface area contributed by atoms with Crippen LogP contribution in [-0.2, 0) is 17.4 Å². The summed E-state index contributed by atoms with van der Waals surface area (Å²) in [5.41, 5.74) is -1.24. The number of halogens is 3. The Labute approximate surface area is 115 Å². The van der Waals surface area contributed by atoms with E-state index in [1.165, 1.54) is 12.1 Å². The zero-order chi connectivity index (χ0) is 15.4. The minimum absolute atomic E-state index is 0.0601. The lowest BCUT2D eigenvalue weighted by Crippen LogP contribution is -2.44. The first-order chi connectivity index (χ1) is 9.20. The quantitative estimate of drug-likeness (QED) is 0.923. The van der Waals surface area contributed by atoms with Crippen molar-refractivity contribution < 1.29 is 18.0 Å². The van der Waals surface area contributed by atoms with Crippen LogP contribution >= 0.6 is 0 Å². The molecule has 0 fully saturated rings. The van der Waals surface area contributed by atoms with E-state index in [-0.39, 0.29) is 6.42 Å². The van der Waals surface area contributed by atoms with Gasteiger partial charge in [0.1, 0.15) is 5.54 Å². The average Bonchev–Trinajstić information content (AvgIpc) is 2.38. The standard InChI is InChI=1S/C14H15F3N2O/c1-3-13(2,9-18)19-12(20)8-10-4-6-11(7-5-10)14(15,16)17/h4-7H,3,8H2,1-2H3,(H,19,20). The van der Waals surface area contributed by atoms with Gasteiger partial charge in [0.25, 0.3) is 0 Å². The summed E-state index contributed by atoms with van der Waals surface area (Å²) in [6.45, 7) is 3.36. The third-order valence-electron chi connectivity index (χ3n) is 3.02. The van der Waals surface area contributed by atoms with Gasteiger partial charge in [-0.3, -0.25) is 4.79 Å². The van der Waals surface area contributed by atoms with Crippen LogP contribution in [0, 0.1) is 11.3 Å². The molecule has 3 nitrogen and oxygen atoms in total. The molecule has 0 saturated carbocycles. The summed E-state index contributed by atoms with van der Waals surface area (Å²) < 4.78 is 37.1. The van der Waals surface area contributed by atoms with Crippen LogP contribution in [0.25, 0.3) is 0 Å². The Morgan fingerprint density at radius 1 is 1.30 bits per heavy atom. The second kappa shape index (κ2) is 5.95. The summed E-state index contributed by atoms with van der Waals surface area (Å²) in [7, 11) is 0. The van der Waals surface area contributed by atoms with Crippen molar-refractivity contribution in [3.05, 3.63) is 35.4 Å². The number of nitriles is 1. The summed E-state index contributed by atoms with van der Waals surface area (Å²) >= 11 is 0. The molecule has 0 aliphatic carbocycles. The van der Waals surface area contributed by atoms with Gasteiger partial charge in [-0.1, -0.05) is 19.1 Å². The van der Waals surface area contributed by atoms with Gasteiger partial charge in [0, 0.05) is 0 Å². The molecule has 6 heteroatoms. The number of carbonyl (C=O) groups is 1. The molecule has 1 N–H and O–H groups in total. The lowest BCUT2D eigenvalue weighted by atomic mass is 10.0. The Balaban J connectivity index is 2.71. The number of benzene rings is 1. The van der Waals surface area contributed by atoms with Gasteiger partial charge in [-0.2, -0.15) is 18.4 Å². The van der Waals surface area contributed by atoms with E-state index in [2.05, 4.69) is 5.32 Å². The number of amides is 1. The fourth-order valence-corrected chi connectivity index (χ4v) is 1.54. The van der Waals surface area contributed by atoms with Crippen LogP contribution in [0.2, 0.25) is 0 Å². The van der Waals surface area contributed by atoms with Crippen molar-refractivity contribution in [2.75, 3.05) is 0 Å². The van der Waals surface area contributed by atoms with Gasteiger partial charge in [0.05, 0.1) is 18.1 Å². The van der Waals surface area contributed by atoms with Crippen molar-refractivity contribution in [1.82, 2.24) is 5.32 Å². The van der Waals surface area contributed by atoms with E-state index in [1.807, 2.05) is 6.07 Å². The third kappa shape index (κ3) is 4.26. The predicted octanol–water partition coefficient (Wildman–Crippen LogP) is 3.06. The Bertz CT molecular complexity index is 517. The molecule has 0 radical (unpaired) electrons. The minimum atomic E-state index is -4.39. The number of nitrogens with zero attached hydrogens (tertiary/aromatic N) is 1. The van der Waals surface area contributed by atoms with E-state index in [9.17, 15) is 18.0 Å². The Morgan fingerprint density at radius 3 is 2.25 bits per heavy atom. The van der Waals surface area contributed by atoms with Gasteiger partial charge in [-0.25, -0.2) is 0 Å². The number of hydrogen-bond acceptors (Lipinski definition) is 2. The maximum atomic E-state index is 12.4. The van der Waals surface area contributed by atoms with Gasteiger partial charge in [0.15, 0.2) is 0 Å². The highest BCUT2D eigenvalue weighted by Crippen LogP contribution is 2.29. The molecule has 1 amide bonds. The van der Waals surface area contributed by atoms with Crippen LogP contribution in [0.4, 0.5) is 13.2 Å². The lowest BCUT2D eigenvalue weighted by Gasteiger charge is -2.21. The van der Waals surface area contributed by atoms with Crippen LogP contribution in [0.5, 0.6) is 0 Å². The van der Waals surface area contributed by atoms with Crippen molar-refractivity contribution >= 4 is 5.91 Å². The minimum Gasteiger partial charge on any atom is -0.338 e. The summed E-state index contributed by atoms with van der Waals surface area (Å²) in [5.74, 6) is -0.393. The smallest absolute Gasteiger partial charge is 0.338 e. The van der Waals surface area contributed by atoms with Crippen LogP contribution in [0.1, 0.15) is 31.4 Å². The number of alkyl halides is 3. The highest BCUT2D eigenvalue weighted by Gasteiger charge is 2.30. The Kier molecular flexibility index (Phi) is 4.77. The van der Waals surface area contributed by atoms with Crippen LogP contribution < -0.4 is 5.32 Å². The zero-order valence-corrected chi connectivity index (χ0v) is 11.2. The molecule has 0 aromatic heterocycles. The topological polar surface area (TPSA) is 52.9 Å². The maximum Gasteiger partial charge on any atom is 0.416 e. The van der Waals surface area contributed by atoms with Crippen molar-refractivity contribution in [1.29, 1.82) is 5.26 Å². The molecule has 1 unspecified atom stereocenters. The number of rotatable bonds is 4. The molecule has 0 saturated heterocycles. The van der Waals surface area contributed by atoms with E-state index in [0.29, 0.717) is 12.0 Å². The SMILES string of the molecule is CCC(C)(C#N)NC(=O)Cc1ccc(C(F)(F)F)cc1. The Morgan fingerprint density at radius 2 is 1.85 bits per heavy atom. The monoisotopic (exact) mass is 284 g/mol. The molecule has 1 aromatic carbocycles. The van der Waals surface area contributed by atoms with Crippen LogP contribution in [-0.4, -0.2) is 11.4 Å². The molecule has 20 heavy (non-hydrogen) atoms. The first-order valence-corrected chi connectivity index (χ1v) is 6.08. The van der Waals surface area contributed by atoms with E-state index in [1.54, 1.807) is 13.8 Å². The molecule has 1 atom stereocenters. The predicted molar refractivity (Wildman–Crippen MR) is 67.6 cm³/mol. The highest BCUT2D eigenvalue weighted by atomic mass is 19.4. The summed E-state index contributed by atoms with van der Waals surface area (Å²) in [6, 6.07) is 6.39.